The summed E-state index contributed by atoms with van der Waals surface area (Å²) in [6.07, 6.45) is 3.10. The molecule has 23 heavy (non-hydrogen) atoms. The topological polar surface area (TPSA) is 56.2 Å². The molecule has 0 atom stereocenters. The fraction of sp³-hybridized carbons (Fsp3) is 0.222. The molecule has 5 nitrogen and oxygen atoms in total. The molecule has 1 amide bonds. The molecule has 0 unspecified atom stereocenters. The van der Waals surface area contributed by atoms with E-state index >= 15 is 0 Å². The van der Waals surface area contributed by atoms with Gasteiger partial charge >= 0.3 is 6.09 Å². The monoisotopic (exact) mass is 309 g/mol. The Balaban J connectivity index is 1.46. The smallest absolute Gasteiger partial charge is 0.410 e. The highest BCUT2D eigenvalue weighted by Crippen LogP contribution is 2.19. The Labute approximate surface area is 134 Å². The van der Waals surface area contributed by atoms with Crippen LogP contribution >= 0.6 is 0 Å². The number of carbonyl (C=O) groups is 1. The van der Waals surface area contributed by atoms with Crippen molar-refractivity contribution >= 4 is 17.1 Å². The van der Waals surface area contributed by atoms with Crippen molar-refractivity contribution in [2.75, 3.05) is 6.54 Å². The summed E-state index contributed by atoms with van der Waals surface area (Å²) in [6, 6.07) is 15.6. The number of nitrogens with one attached hydrogen (secondary N) is 1. The Morgan fingerprint density at radius 2 is 2.04 bits per heavy atom. The SMILES string of the molecule is Cn1cnc2cc(OC(=O)NCCCc3ccccc3)ccc21. The minimum absolute atomic E-state index is 0.437. The standard InChI is InChI=1S/C18H19N3O2/c1-21-13-20-16-12-15(9-10-17(16)21)23-18(22)19-11-5-8-14-6-3-2-4-7-14/h2-4,6-7,9-10,12-13H,5,8,11H2,1H3,(H,19,22). The summed E-state index contributed by atoms with van der Waals surface area (Å²) in [5.74, 6) is 0.497. The number of imidazole rings is 1. The van der Waals surface area contributed by atoms with Crippen molar-refractivity contribution in [1.29, 1.82) is 0 Å². The van der Waals surface area contributed by atoms with E-state index in [1.165, 1.54) is 5.56 Å². The fourth-order valence-corrected chi connectivity index (χ4v) is 2.45. The normalized spacial score (nSPS) is 10.7. The molecule has 0 radical (unpaired) electrons. The van der Waals surface area contributed by atoms with Gasteiger partial charge in [-0.15, -0.1) is 0 Å². The van der Waals surface area contributed by atoms with Crippen LogP contribution in [0.1, 0.15) is 12.0 Å². The Bertz CT molecular complexity index is 796. The summed E-state index contributed by atoms with van der Waals surface area (Å²) < 4.78 is 7.20. The molecule has 0 spiro atoms. The van der Waals surface area contributed by atoms with E-state index in [2.05, 4.69) is 22.4 Å². The van der Waals surface area contributed by atoms with Crippen molar-refractivity contribution in [1.82, 2.24) is 14.9 Å². The van der Waals surface area contributed by atoms with Crippen LogP contribution < -0.4 is 10.1 Å². The van der Waals surface area contributed by atoms with Gasteiger partial charge in [0, 0.05) is 19.7 Å². The Morgan fingerprint density at radius 1 is 1.22 bits per heavy atom. The van der Waals surface area contributed by atoms with Gasteiger partial charge in [-0.3, -0.25) is 0 Å². The molecule has 1 heterocycles. The summed E-state index contributed by atoms with van der Waals surface area (Å²) in [5.41, 5.74) is 3.07. The van der Waals surface area contributed by atoms with E-state index in [-0.39, 0.29) is 0 Å². The molecule has 0 bridgehead atoms. The third kappa shape index (κ3) is 3.88. The third-order valence-electron chi connectivity index (χ3n) is 3.66. The largest absolute Gasteiger partial charge is 0.412 e. The highest BCUT2D eigenvalue weighted by Gasteiger charge is 2.06. The van der Waals surface area contributed by atoms with E-state index in [9.17, 15) is 4.79 Å². The molecule has 3 rings (SSSR count). The molecule has 0 aliphatic heterocycles. The number of hydrogen-bond acceptors (Lipinski definition) is 3. The molecule has 1 aromatic heterocycles. The summed E-state index contributed by atoms with van der Waals surface area (Å²) in [4.78, 5) is 16.1. The van der Waals surface area contributed by atoms with Crippen molar-refractivity contribution in [3.05, 3.63) is 60.4 Å². The summed E-state index contributed by atoms with van der Waals surface area (Å²) >= 11 is 0. The quantitative estimate of drug-likeness (QED) is 0.736. The predicted molar refractivity (Wildman–Crippen MR) is 89.5 cm³/mol. The molecule has 0 saturated heterocycles. The second kappa shape index (κ2) is 6.96. The molecule has 0 aliphatic carbocycles. The highest BCUT2D eigenvalue weighted by atomic mass is 16.6. The van der Waals surface area contributed by atoms with E-state index in [1.807, 2.05) is 35.9 Å². The molecule has 0 fully saturated rings. The Kier molecular flexibility index (Phi) is 4.57. The molecule has 2 aromatic carbocycles. The van der Waals surface area contributed by atoms with Crippen LogP contribution in [0, 0.1) is 0 Å². The van der Waals surface area contributed by atoms with Crippen molar-refractivity contribution in [3.8, 4) is 5.75 Å². The van der Waals surface area contributed by atoms with Gasteiger partial charge < -0.3 is 14.6 Å². The maximum atomic E-state index is 11.8. The molecule has 5 heteroatoms. The van der Waals surface area contributed by atoms with Crippen LogP contribution in [0.25, 0.3) is 11.0 Å². The maximum absolute atomic E-state index is 11.8. The van der Waals surface area contributed by atoms with Gasteiger partial charge in [-0.05, 0) is 30.5 Å². The van der Waals surface area contributed by atoms with Crippen LogP contribution in [-0.4, -0.2) is 22.2 Å². The highest BCUT2D eigenvalue weighted by molar-refractivity contribution is 5.78. The van der Waals surface area contributed by atoms with Crippen LogP contribution in [0.5, 0.6) is 5.75 Å². The first-order chi connectivity index (χ1) is 11.2. The molecule has 3 aromatic rings. The van der Waals surface area contributed by atoms with Crippen molar-refractivity contribution < 1.29 is 9.53 Å². The van der Waals surface area contributed by atoms with Crippen LogP contribution in [0.15, 0.2) is 54.9 Å². The number of aromatic nitrogens is 2. The summed E-state index contributed by atoms with van der Waals surface area (Å²) in [7, 11) is 1.93. The van der Waals surface area contributed by atoms with Gasteiger partial charge in [-0.25, -0.2) is 9.78 Å². The number of hydrogen-bond donors (Lipinski definition) is 1. The number of rotatable bonds is 5. The number of carbonyl (C=O) groups excluding carboxylic acids is 1. The van der Waals surface area contributed by atoms with Gasteiger partial charge in [0.15, 0.2) is 0 Å². The lowest BCUT2D eigenvalue weighted by molar-refractivity contribution is 0.200. The zero-order chi connectivity index (χ0) is 16.1. The minimum Gasteiger partial charge on any atom is -0.410 e. The number of fused-ring (bicyclic) bond motifs is 1. The van der Waals surface area contributed by atoms with Crippen LogP contribution in [-0.2, 0) is 13.5 Å². The van der Waals surface area contributed by atoms with E-state index in [0.717, 1.165) is 23.9 Å². The van der Waals surface area contributed by atoms with E-state index in [1.54, 1.807) is 18.5 Å². The van der Waals surface area contributed by atoms with Crippen molar-refractivity contribution in [3.63, 3.8) is 0 Å². The van der Waals surface area contributed by atoms with E-state index in [4.69, 9.17) is 4.74 Å². The average molecular weight is 309 g/mol. The van der Waals surface area contributed by atoms with Crippen molar-refractivity contribution in [2.24, 2.45) is 7.05 Å². The van der Waals surface area contributed by atoms with Gasteiger partial charge in [0.2, 0.25) is 0 Å². The fourth-order valence-electron chi connectivity index (χ4n) is 2.45. The second-order valence-electron chi connectivity index (χ2n) is 5.41. The second-order valence-corrected chi connectivity index (χ2v) is 5.41. The van der Waals surface area contributed by atoms with Gasteiger partial charge in [0.1, 0.15) is 5.75 Å². The molecule has 0 saturated carbocycles. The van der Waals surface area contributed by atoms with Gasteiger partial charge in [-0.2, -0.15) is 0 Å². The van der Waals surface area contributed by atoms with Gasteiger partial charge in [0.05, 0.1) is 17.4 Å². The number of nitrogens with zero attached hydrogens (tertiary/aromatic N) is 2. The van der Waals surface area contributed by atoms with E-state index < -0.39 is 6.09 Å². The first-order valence-electron chi connectivity index (χ1n) is 7.63. The first kappa shape index (κ1) is 15.1. The molecular formula is C18H19N3O2. The maximum Gasteiger partial charge on any atom is 0.412 e. The number of ether oxygens (including phenoxy) is 1. The zero-order valence-corrected chi connectivity index (χ0v) is 13.0. The number of amides is 1. The van der Waals surface area contributed by atoms with Crippen LogP contribution in [0.2, 0.25) is 0 Å². The van der Waals surface area contributed by atoms with Crippen molar-refractivity contribution in [2.45, 2.75) is 12.8 Å². The molecular weight excluding hydrogens is 290 g/mol. The van der Waals surface area contributed by atoms with Crippen LogP contribution in [0.3, 0.4) is 0 Å². The van der Waals surface area contributed by atoms with Gasteiger partial charge in [-0.1, -0.05) is 30.3 Å². The predicted octanol–water partition coefficient (Wildman–Crippen LogP) is 3.29. The zero-order valence-electron chi connectivity index (χ0n) is 13.0. The minimum atomic E-state index is -0.437. The van der Waals surface area contributed by atoms with Crippen LogP contribution in [0.4, 0.5) is 4.79 Å². The molecule has 118 valence electrons. The third-order valence-corrected chi connectivity index (χ3v) is 3.66. The summed E-state index contributed by atoms with van der Waals surface area (Å²) in [5, 5.41) is 2.77. The molecule has 0 aliphatic rings. The lowest BCUT2D eigenvalue weighted by atomic mass is 10.1. The lowest BCUT2D eigenvalue weighted by Gasteiger charge is -2.07. The van der Waals surface area contributed by atoms with E-state index in [0.29, 0.717) is 12.3 Å². The number of aryl methyl sites for hydroxylation is 2. The molecule has 1 N–H and O–H groups in total. The Morgan fingerprint density at radius 3 is 2.87 bits per heavy atom. The average Bonchev–Trinajstić information content (AvgIpc) is 2.93. The lowest BCUT2D eigenvalue weighted by Crippen LogP contribution is -2.27. The Hall–Kier alpha value is -2.82. The van der Waals surface area contributed by atoms with Gasteiger partial charge in [0.25, 0.3) is 0 Å². The summed E-state index contributed by atoms with van der Waals surface area (Å²) in [6.45, 7) is 0.583. The number of benzene rings is 2. The first-order valence-corrected chi connectivity index (χ1v) is 7.63.